The van der Waals surface area contributed by atoms with Crippen molar-refractivity contribution < 1.29 is 48.4 Å². The van der Waals surface area contributed by atoms with Crippen LogP contribution in [0.1, 0.15) is 58.3 Å². The molecule has 0 heterocycles. The quantitative estimate of drug-likeness (QED) is 0.0495. The van der Waals surface area contributed by atoms with Gasteiger partial charge in [0.1, 0.15) is 20.4 Å². The summed E-state index contributed by atoms with van der Waals surface area (Å²) in [4.78, 5) is 10.3. The number of esters is 1. The van der Waals surface area contributed by atoms with Crippen molar-refractivity contribution in [2.45, 2.75) is 73.0 Å². The molecule has 0 bridgehead atoms. The van der Waals surface area contributed by atoms with E-state index in [1.807, 2.05) is 0 Å². The summed E-state index contributed by atoms with van der Waals surface area (Å²) in [6.07, 6.45) is 6.74. The number of carbonyl (C=O) groups excluding carboxylic acids is 1. The fraction of sp³-hybridized carbons (Fsp3) is 0.346. The molecule has 3 N–H and O–H groups in total. The van der Waals surface area contributed by atoms with Gasteiger partial charge in [-0.15, -0.1) is 0 Å². The molecule has 43 heavy (non-hydrogen) atoms. The van der Waals surface area contributed by atoms with E-state index in [0.29, 0.717) is 12.5 Å². The Bertz CT molecular complexity index is 1890. The number of carbonyl (C=O) groups is 1. The van der Waals surface area contributed by atoms with Crippen molar-refractivity contribution >= 4 is 157 Å². The third-order valence-corrected chi connectivity index (χ3v) is 9.47. The molecule has 11 nitrogen and oxygen atoms in total. The second-order valence-corrected chi connectivity index (χ2v) is 13.8. The molecule has 0 saturated carbocycles. The summed E-state index contributed by atoms with van der Waals surface area (Å²) in [5, 5.41) is -0.586. The normalized spacial score (nSPS) is 12.1. The molecule has 0 amide bonds. The summed E-state index contributed by atoms with van der Waals surface area (Å²) in [7, 11) is -15.0. The van der Waals surface area contributed by atoms with Crippen LogP contribution in [0.2, 0.25) is 0 Å². The Hall–Kier alpha value is 0.120. The van der Waals surface area contributed by atoms with Gasteiger partial charge in [-0.2, -0.15) is 25.3 Å². The first-order valence-corrected chi connectivity index (χ1v) is 16.9. The maximum absolute atomic E-state index is 12.7. The molecule has 4 aromatic carbocycles. The molecule has 4 rings (SSSR count). The molecular formula is C26H31Na3O11S3. The van der Waals surface area contributed by atoms with Gasteiger partial charge in [0.25, 0.3) is 30.4 Å². The van der Waals surface area contributed by atoms with E-state index in [9.17, 15) is 43.7 Å². The predicted molar refractivity (Wildman–Crippen MR) is 169 cm³/mol. The Kier molecular flexibility index (Phi) is 15.6. The summed E-state index contributed by atoms with van der Waals surface area (Å²) in [6, 6.07) is 6.45. The SMILES string of the molecule is CCCCCCCCCC(=O)Oc1cc(S(=O)(=O)O)c2ccc3c(S(=O)(=O)O)cc(S(=O)(=O)O)c4ccc1c2c43.[NaH].[NaH].[NaH]. The fourth-order valence-corrected chi connectivity index (χ4v) is 7.20. The molecule has 0 aromatic heterocycles. The van der Waals surface area contributed by atoms with E-state index in [2.05, 4.69) is 6.92 Å². The zero-order chi connectivity index (χ0) is 29.5. The molecule has 17 heteroatoms. The summed E-state index contributed by atoms with van der Waals surface area (Å²) in [6.45, 7) is 2.11. The van der Waals surface area contributed by atoms with Gasteiger partial charge in [0.2, 0.25) is 0 Å². The van der Waals surface area contributed by atoms with Crippen molar-refractivity contribution in [2.75, 3.05) is 0 Å². The van der Waals surface area contributed by atoms with Crippen LogP contribution in [0.3, 0.4) is 0 Å². The monoisotopic (exact) mass is 684 g/mol. The molecule has 0 spiro atoms. The van der Waals surface area contributed by atoms with E-state index < -0.39 is 51.0 Å². The first kappa shape index (κ1) is 41.1. The summed E-state index contributed by atoms with van der Waals surface area (Å²) in [5.74, 6) is -0.921. The van der Waals surface area contributed by atoms with E-state index in [1.54, 1.807) is 0 Å². The summed E-state index contributed by atoms with van der Waals surface area (Å²) < 4.78 is 108. The number of benzene rings is 4. The number of rotatable bonds is 12. The molecule has 0 aliphatic rings. The van der Waals surface area contributed by atoms with Gasteiger partial charge in [0.05, 0.1) is 0 Å². The van der Waals surface area contributed by atoms with Gasteiger partial charge in [-0.05, 0) is 18.6 Å². The van der Waals surface area contributed by atoms with Crippen LogP contribution in [0.4, 0.5) is 0 Å². The third kappa shape index (κ3) is 9.36. The van der Waals surface area contributed by atoms with Crippen molar-refractivity contribution in [3.8, 4) is 5.75 Å². The van der Waals surface area contributed by atoms with Gasteiger partial charge in [-0.3, -0.25) is 18.5 Å². The topological polar surface area (TPSA) is 189 Å². The second-order valence-electron chi connectivity index (χ2n) is 9.59. The van der Waals surface area contributed by atoms with Crippen LogP contribution >= 0.6 is 0 Å². The second kappa shape index (κ2) is 16.3. The molecule has 0 fully saturated rings. The fourth-order valence-electron chi connectivity index (χ4n) is 4.99. The average molecular weight is 685 g/mol. The van der Waals surface area contributed by atoms with E-state index in [4.69, 9.17) is 4.74 Å². The molecule has 222 valence electrons. The van der Waals surface area contributed by atoms with Gasteiger partial charge >= 0.3 is 94.6 Å². The molecule has 0 unspecified atom stereocenters. The van der Waals surface area contributed by atoms with Gasteiger partial charge in [-0.1, -0.05) is 63.6 Å². The molecule has 4 aromatic rings. The Morgan fingerprint density at radius 1 is 0.605 bits per heavy atom. The van der Waals surface area contributed by atoms with Crippen LogP contribution in [0, 0.1) is 0 Å². The number of hydrogen-bond donors (Lipinski definition) is 3. The molecule has 0 atom stereocenters. The first-order valence-electron chi connectivity index (χ1n) is 12.6. The molecule has 0 radical (unpaired) electrons. The predicted octanol–water partition coefficient (Wildman–Crippen LogP) is 3.42. The van der Waals surface area contributed by atoms with E-state index in [-0.39, 0.29) is 133 Å². The third-order valence-electron chi connectivity index (χ3n) is 6.79. The first-order chi connectivity index (χ1) is 18.6. The molecular weight excluding hydrogens is 653 g/mol. The Morgan fingerprint density at radius 2 is 0.977 bits per heavy atom. The van der Waals surface area contributed by atoms with E-state index in [0.717, 1.165) is 50.7 Å². The number of ether oxygens (including phenoxy) is 1. The van der Waals surface area contributed by atoms with Gasteiger partial charge in [0.15, 0.2) is 0 Å². The zero-order valence-corrected chi connectivity index (χ0v) is 23.9. The molecule has 0 aliphatic carbocycles. The Balaban J connectivity index is 0.00000308. The van der Waals surface area contributed by atoms with Crippen LogP contribution in [-0.4, -0.2) is 134 Å². The van der Waals surface area contributed by atoms with Gasteiger partial charge in [-0.25, -0.2) is 0 Å². The zero-order valence-electron chi connectivity index (χ0n) is 21.5. The summed E-state index contributed by atoms with van der Waals surface area (Å²) in [5.41, 5.74) is 0. The maximum atomic E-state index is 12.7. The minimum absolute atomic E-state index is 0. The Morgan fingerprint density at radius 3 is 1.42 bits per heavy atom. The van der Waals surface area contributed by atoms with Crippen molar-refractivity contribution in [2.24, 2.45) is 0 Å². The van der Waals surface area contributed by atoms with Crippen LogP contribution in [-0.2, 0) is 35.1 Å². The van der Waals surface area contributed by atoms with Crippen LogP contribution in [0.25, 0.3) is 32.3 Å². The number of unbranched alkanes of at least 4 members (excludes halogenated alkanes) is 6. The van der Waals surface area contributed by atoms with Gasteiger partial charge in [0, 0.05) is 44.8 Å². The van der Waals surface area contributed by atoms with Crippen molar-refractivity contribution in [1.82, 2.24) is 0 Å². The van der Waals surface area contributed by atoms with Crippen molar-refractivity contribution in [1.29, 1.82) is 0 Å². The van der Waals surface area contributed by atoms with Crippen molar-refractivity contribution in [3.63, 3.8) is 0 Å². The van der Waals surface area contributed by atoms with Crippen LogP contribution in [0.15, 0.2) is 51.1 Å². The number of hydrogen-bond acceptors (Lipinski definition) is 8. The Labute approximate surface area is 317 Å². The van der Waals surface area contributed by atoms with Crippen LogP contribution < -0.4 is 4.74 Å². The van der Waals surface area contributed by atoms with Gasteiger partial charge < -0.3 is 4.74 Å². The van der Waals surface area contributed by atoms with E-state index >= 15 is 0 Å². The van der Waals surface area contributed by atoms with Crippen LogP contribution in [0.5, 0.6) is 5.75 Å². The average Bonchev–Trinajstić information content (AvgIpc) is 2.85. The minimum atomic E-state index is -5.03. The molecule has 0 saturated heterocycles. The molecule has 0 aliphatic heterocycles. The van der Waals surface area contributed by atoms with E-state index in [1.165, 1.54) is 18.2 Å². The summed E-state index contributed by atoms with van der Waals surface area (Å²) >= 11 is 0. The van der Waals surface area contributed by atoms with Crippen molar-refractivity contribution in [3.05, 3.63) is 36.4 Å². The standard InChI is InChI=1S/C26H28O11S3.3Na.3H/c1-2-3-4-5-6-7-8-9-24(27)37-20-14-21(38(28,29)30)17-12-13-19-23(40(34,35)36)15-22(39(31,32)33)18-11-10-16(20)25(17)26(18)19;;;;;;/h10-15H,2-9H2,1H3,(H,28,29,30)(H,31,32,33)(H,34,35,36);;;;;;.